The Balaban J connectivity index is 1.96. The molecule has 3 nitrogen and oxygen atoms in total. The molecule has 0 bridgehead atoms. The van der Waals surface area contributed by atoms with Crippen LogP contribution in [0.2, 0.25) is 0 Å². The van der Waals surface area contributed by atoms with E-state index in [1.54, 1.807) is 6.92 Å². The number of amides is 1. The van der Waals surface area contributed by atoms with Crippen molar-refractivity contribution in [2.75, 3.05) is 13.1 Å². The van der Waals surface area contributed by atoms with E-state index in [0.29, 0.717) is 0 Å². The average Bonchev–Trinajstić information content (AvgIpc) is 2.75. The molecule has 1 saturated heterocycles. The van der Waals surface area contributed by atoms with Gasteiger partial charge < -0.3 is 10.6 Å². The monoisotopic (exact) mass is 236 g/mol. The summed E-state index contributed by atoms with van der Waals surface area (Å²) in [6.07, 6.45) is -2.70. The zero-order valence-electron chi connectivity index (χ0n) is 9.03. The highest BCUT2D eigenvalue weighted by Crippen LogP contribution is 2.45. The number of nitrogens with one attached hydrogen (secondary N) is 2. The lowest BCUT2D eigenvalue weighted by molar-refractivity contribution is -0.174. The van der Waals surface area contributed by atoms with E-state index in [9.17, 15) is 18.0 Å². The Bertz CT molecular complexity index is 299. The first-order chi connectivity index (χ1) is 7.33. The van der Waals surface area contributed by atoms with Gasteiger partial charge in [0.2, 0.25) is 5.91 Å². The fraction of sp³-hybridized carbons (Fsp3) is 0.900. The molecule has 2 rings (SSSR count). The number of carbonyl (C=O) groups is 1. The summed E-state index contributed by atoms with van der Waals surface area (Å²) in [5.41, 5.74) is -0.418. The third kappa shape index (κ3) is 2.16. The minimum atomic E-state index is -4.24. The van der Waals surface area contributed by atoms with Crippen LogP contribution >= 0.6 is 0 Å². The highest BCUT2D eigenvalue weighted by Gasteiger charge is 2.51. The second-order valence-electron chi connectivity index (χ2n) is 4.95. The normalized spacial score (nSPS) is 32.5. The number of rotatable bonds is 2. The van der Waals surface area contributed by atoms with Crippen molar-refractivity contribution in [3.8, 4) is 0 Å². The van der Waals surface area contributed by atoms with Crippen LogP contribution in [0.1, 0.15) is 19.8 Å². The maximum absolute atomic E-state index is 12.6. The first kappa shape index (κ1) is 11.7. The topological polar surface area (TPSA) is 41.1 Å². The lowest BCUT2D eigenvalue weighted by atomic mass is 10.0. The SMILES string of the molecule is CC1(C(=O)N[C@@H]2CNC[C@H]2C(F)(F)F)CC1. The number of hydrogen-bond acceptors (Lipinski definition) is 2. The van der Waals surface area contributed by atoms with Gasteiger partial charge in [0.05, 0.1) is 12.0 Å². The molecule has 1 amide bonds. The number of halogens is 3. The van der Waals surface area contributed by atoms with Crippen LogP contribution in [0, 0.1) is 11.3 Å². The van der Waals surface area contributed by atoms with Crippen molar-refractivity contribution in [1.82, 2.24) is 10.6 Å². The van der Waals surface area contributed by atoms with Gasteiger partial charge in [-0.2, -0.15) is 13.2 Å². The van der Waals surface area contributed by atoms with Crippen molar-refractivity contribution in [3.05, 3.63) is 0 Å². The average molecular weight is 236 g/mol. The largest absolute Gasteiger partial charge is 0.395 e. The van der Waals surface area contributed by atoms with Crippen molar-refractivity contribution >= 4 is 5.91 Å². The van der Waals surface area contributed by atoms with Gasteiger partial charge in [-0.1, -0.05) is 6.92 Å². The molecule has 0 spiro atoms. The fourth-order valence-electron chi connectivity index (χ4n) is 1.93. The molecule has 0 aromatic rings. The third-order valence-corrected chi connectivity index (χ3v) is 3.50. The maximum Gasteiger partial charge on any atom is 0.395 e. The molecule has 1 aliphatic carbocycles. The van der Waals surface area contributed by atoms with Crippen LogP contribution in [0.4, 0.5) is 13.2 Å². The second kappa shape index (κ2) is 3.61. The second-order valence-corrected chi connectivity index (χ2v) is 4.95. The Hall–Kier alpha value is -0.780. The van der Waals surface area contributed by atoms with Gasteiger partial charge >= 0.3 is 6.18 Å². The van der Waals surface area contributed by atoms with Gasteiger partial charge in [-0.05, 0) is 12.8 Å². The van der Waals surface area contributed by atoms with E-state index in [1.165, 1.54) is 0 Å². The zero-order chi connectivity index (χ0) is 12.0. The summed E-state index contributed by atoms with van der Waals surface area (Å²) in [4.78, 5) is 11.6. The minimum absolute atomic E-state index is 0.106. The summed E-state index contributed by atoms with van der Waals surface area (Å²) in [6.45, 7) is 1.88. The lowest BCUT2D eigenvalue weighted by Gasteiger charge is -2.23. The van der Waals surface area contributed by atoms with Crippen LogP contribution in [0.5, 0.6) is 0 Å². The molecule has 0 aromatic carbocycles. The first-order valence-electron chi connectivity index (χ1n) is 5.41. The number of alkyl halides is 3. The molecule has 6 heteroatoms. The summed E-state index contributed by atoms with van der Waals surface area (Å²) >= 11 is 0. The van der Waals surface area contributed by atoms with Crippen molar-refractivity contribution < 1.29 is 18.0 Å². The Morgan fingerprint density at radius 2 is 2.00 bits per heavy atom. The van der Waals surface area contributed by atoms with Crippen LogP contribution < -0.4 is 10.6 Å². The molecule has 1 heterocycles. The van der Waals surface area contributed by atoms with E-state index < -0.39 is 23.6 Å². The van der Waals surface area contributed by atoms with E-state index in [4.69, 9.17) is 0 Å². The van der Waals surface area contributed by atoms with Crippen molar-refractivity contribution in [2.24, 2.45) is 11.3 Å². The summed E-state index contributed by atoms with van der Waals surface area (Å²) in [6, 6.07) is -0.815. The van der Waals surface area contributed by atoms with Gasteiger partial charge in [0.15, 0.2) is 0 Å². The highest BCUT2D eigenvalue weighted by molar-refractivity contribution is 5.85. The van der Waals surface area contributed by atoms with Crippen LogP contribution in [0.15, 0.2) is 0 Å². The van der Waals surface area contributed by atoms with E-state index in [-0.39, 0.29) is 19.0 Å². The number of hydrogen-bond donors (Lipinski definition) is 2. The van der Waals surface area contributed by atoms with E-state index in [2.05, 4.69) is 10.6 Å². The number of carbonyl (C=O) groups excluding carboxylic acids is 1. The van der Waals surface area contributed by atoms with Gasteiger partial charge in [-0.25, -0.2) is 0 Å². The fourth-order valence-corrected chi connectivity index (χ4v) is 1.93. The zero-order valence-corrected chi connectivity index (χ0v) is 9.03. The Labute approximate surface area is 91.8 Å². The summed E-state index contributed by atoms with van der Waals surface area (Å²) in [5.74, 6) is -1.70. The van der Waals surface area contributed by atoms with Gasteiger partial charge in [0.1, 0.15) is 0 Å². The lowest BCUT2D eigenvalue weighted by Crippen LogP contribution is -2.47. The smallest absolute Gasteiger partial charge is 0.351 e. The van der Waals surface area contributed by atoms with E-state index >= 15 is 0 Å². The van der Waals surface area contributed by atoms with Crippen molar-refractivity contribution in [3.63, 3.8) is 0 Å². The predicted molar refractivity (Wildman–Crippen MR) is 51.7 cm³/mol. The molecule has 2 atom stereocenters. The minimum Gasteiger partial charge on any atom is -0.351 e. The Morgan fingerprint density at radius 1 is 1.38 bits per heavy atom. The maximum atomic E-state index is 12.6. The Kier molecular flexibility index (Phi) is 2.64. The van der Waals surface area contributed by atoms with Gasteiger partial charge in [0.25, 0.3) is 0 Å². The first-order valence-corrected chi connectivity index (χ1v) is 5.41. The highest BCUT2D eigenvalue weighted by atomic mass is 19.4. The molecular formula is C10H15F3N2O. The van der Waals surface area contributed by atoms with Crippen LogP contribution in [0.3, 0.4) is 0 Å². The standard InChI is InChI=1S/C10H15F3N2O/c1-9(2-3-9)8(16)15-7-5-14-4-6(7)10(11,12)13/h6-7,14H,2-5H2,1H3,(H,15,16)/t6-,7-/m1/s1. The van der Waals surface area contributed by atoms with Crippen LogP contribution in [-0.4, -0.2) is 31.2 Å². The van der Waals surface area contributed by atoms with Gasteiger partial charge in [-0.3, -0.25) is 4.79 Å². The van der Waals surface area contributed by atoms with Gasteiger partial charge in [0, 0.05) is 18.5 Å². The molecule has 16 heavy (non-hydrogen) atoms. The van der Waals surface area contributed by atoms with Gasteiger partial charge in [-0.15, -0.1) is 0 Å². The molecule has 2 N–H and O–H groups in total. The Morgan fingerprint density at radius 3 is 2.50 bits per heavy atom. The molecule has 2 fully saturated rings. The quantitative estimate of drug-likeness (QED) is 0.752. The predicted octanol–water partition coefficient (Wildman–Crippen LogP) is 1.05. The molecule has 2 aliphatic rings. The van der Waals surface area contributed by atoms with Crippen LogP contribution in [0.25, 0.3) is 0 Å². The third-order valence-electron chi connectivity index (χ3n) is 3.50. The molecule has 92 valence electrons. The molecule has 0 aromatic heterocycles. The molecule has 1 aliphatic heterocycles. The van der Waals surface area contributed by atoms with Crippen molar-refractivity contribution in [2.45, 2.75) is 32.0 Å². The molecule has 0 unspecified atom stereocenters. The van der Waals surface area contributed by atoms with Crippen LogP contribution in [-0.2, 0) is 4.79 Å². The summed E-state index contributed by atoms with van der Waals surface area (Å²) in [5, 5.41) is 5.19. The molecule has 0 radical (unpaired) electrons. The van der Waals surface area contributed by atoms with Crippen molar-refractivity contribution in [1.29, 1.82) is 0 Å². The molecule has 1 saturated carbocycles. The summed E-state index contributed by atoms with van der Waals surface area (Å²) in [7, 11) is 0. The summed E-state index contributed by atoms with van der Waals surface area (Å²) < 4.78 is 37.7. The van der Waals surface area contributed by atoms with E-state index in [0.717, 1.165) is 12.8 Å². The molecular weight excluding hydrogens is 221 g/mol. The van der Waals surface area contributed by atoms with E-state index in [1.807, 2.05) is 0 Å².